The maximum Gasteiger partial charge on any atom is 0.153 e. The van der Waals surface area contributed by atoms with E-state index in [0.29, 0.717) is 13.1 Å². The molecule has 0 spiro atoms. The Morgan fingerprint density at radius 1 is 1.24 bits per heavy atom. The zero-order valence-electron chi connectivity index (χ0n) is 11.1. The van der Waals surface area contributed by atoms with Gasteiger partial charge in [0, 0.05) is 19.3 Å². The predicted octanol–water partition coefficient (Wildman–Crippen LogP) is 1.09. The van der Waals surface area contributed by atoms with Crippen LogP contribution >= 0.6 is 0 Å². The fourth-order valence-corrected chi connectivity index (χ4v) is 2.48. The predicted molar refractivity (Wildman–Crippen MR) is 69.8 cm³/mol. The summed E-state index contributed by atoms with van der Waals surface area (Å²) >= 11 is 0. The maximum atomic E-state index is 11.5. The van der Waals surface area contributed by atoms with E-state index in [1.807, 2.05) is 0 Å². The van der Waals surface area contributed by atoms with Crippen molar-refractivity contribution in [2.24, 2.45) is 0 Å². The summed E-state index contributed by atoms with van der Waals surface area (Å²) in [5.74, 6) is 0. The quantitative estimate of drug-likeness (QED) is 0.779. The van der Waals surface area contributed by atoms with Gasteiger partial charge in [-0.25, -0.2) is 8.42 Å². The van der Waals surface area contributed by atoms with Crippen molar-refractivity contribution in [1.82, 2.24) is 5.32 Å². The first-order valence-corrected chi connectivity index (χ1v) is 8.18. The molecule has 0 amide bonds. The van der Waals surface area contributed by atoms with E-state index in [1.165, 1.54) is 12.7 Å². The van der Waals surface area contributed by atoms with Crippen LogP contribution in [-0.2, 0) is 9.84 Å². The molecular formula is C12H25NO3S. The lowest BCUT2D eigenvalue weighted by Gasteiger charge is -2.33. The molecule has 0 saturated heterocycles. The van der Waals surface area contributed by atoms with Gasteiger partial charge in [0.05, 0.1) is 10.3 Å². The number of nitrogens with one attached hydrogen (secondary N) is 1. The van der Waals surface area contributed by atoms with Crippen molar-refractivity contribution in [1.29, 1.82) is 0 Å². The molecule has 1 aliphatic carbocycles. The van der Waals surface area contributed by atoms with E-state index in [1.54, 1.807) is 13.8 Å². The van der Waals surface area contributed by atoms with Crippen LogP contribution in [0.1, 0.15) is 46.0 Å². The smallest absolute Gasteiger partial charge is 0.153 e. The van der Waals surface area contributed by atoms with Crippen molar-refractivity contribution in [3.63, 3.8) is 0 Å². The molecule has 0 aromatic heterocycles. The lowest BCUT2D eigenvalue weighted by Crippen LogP contribution is -2.48. The largest absolute Gasteiger partial charge is 0.389 e. The summed E-state index contributed by atoms with van der Waals surface area (Å²) in [5.41, 5.74) is -0.633. The molecule has 1 fully saturated rings. The zero-order chi connectivity index (χ0) is 13.2. The summed E-state index contributed by atoms with van der Waals surface area (Å²) < 4.78 is 22.2. The van der Waals surface area contributed by atoms with Crippen molar-refractivity contribution in [3.8, 4) is 0 Å². The van der Waals surface area contributed by atoms with Gasteiger partial charge in [-0.1, -0.05) is 19.3 Å². The van der Waals surface area contributed by atoms with Crippen LogP contribution in [0.15, 0.2) is 0 Å². The highest BCUT2D eigenvalue weighted by Crippen LogP contribution is 2.27. The Hall–Kier alpha value is -0.130. The lowest BCUT2D eigenvalue weighted by molar-refractivity contribution is 0.00475. The number of rotatable bonds is 5. The Morgan fingerprint density at radius 3 is 2.24 bits per heavy atom. The van der Waals surface area contributed by atoms with Gasteiger partial charge in [0.1, 0.15) is 0 Å². The molecule has 0 radical (unpaired) electrons. The highest BCUT2D eigenvalue weighted by molar-refractivity contribution is 7.92. The number of sulfone groups is 1. The molecule has 0 aromatic carbocycles. The van der Waals surface area contributed by atoms with Crippen LogP contribution in [0, 0.1) is 0 Å². The fraction of sp³-hybridized carbons (Fsp3) is 1.00. The Kier molecular flexibility index (Phi) is 4.60. The van der Waals surface area contributed by atoms with Gasteiger partial charge in [0.2, 0.25) is 0 Å². The highest BCUT2D eigenvalue weighted by Gasteiger charge is 2.32. The molecule has 4 nitrogen and oxygen atoms in total. The molecule has 0 aromatic rings. The third-order valence-corrected chi connectivity index (χ3v) is 5.94. The minimum Gasteiger partial charge on any atom is -0.389 e. The van der Waals surface area contributed by atoms with Gasteiger partial charge in [-0.15, -0.1) is 0 Å². The minimum atomic E-state index is -3.07. The van der Waals surface area contributed by atoms with Crippen LogP contribution < -0.4 is 5.32 Å². The summed E-state index contributed by atoms with van der Waals surface area (Å²) in [5, 5.41) is 13.4. The average Bonchev–Trinajstić information content (AvgIpc) is 2.16. The van der Waals surface area contributed by atoms with E-state index in [4.69, 9.17) is 0 Å². The minimum absolute atomic E-state index is 0.383. The second-order valence-electron chi connectivity index (χ2n) is 5.92. The van der Waals surface area contributed by atoms with E-state index in [0.717, 1.165) is 25.7 Å². The summed E-state index contributed by atoms with van der Waals surface area (Å²) in [4.78, 5) is 0. The second-order valence-corrected chi connectivity index (χ2v) is 8.57. The molecule has 0 unspecified atom stereocenters. The molecule has 0 heterocycles. The van der Waals surface area contributed by atoms with E-state index in [2.05, 4.69) is 5.32 Å². The third-order valence-electron chi connectivity index (χ3n) is 3.79. The van der Waals surface area contributed by atoms with Gasteiger partial charge in [0.25, 0.3) is 0 Å². The number of hydrogen-bond donors (Lipinski definition) is 2. The summed E-state index contributed by atoms with van der Waals surface area (Å²) in [7, 11) is -3.07. The molecule has 5 heteroatoms. The number of aliphatic hydroxyl groups is 1. The molecule has 0 aliphatic heterocycles. The van der Waals surface area contributed by atoms with Gasteiger partial charge >= 0.3 is 0 Å². The first-order valence-electron chi connectivity index (χ1n) is 6.29. The van der Waals surface area contributed by atoms with Gasteiger partial charge in [-0.2, -0.15) is 0 Å². The van der Waals surface area contributed by atoms with E-state index in [9.17, 15) is 13.5 Å². The zero-order valence-corrected chi connectivity index (χ0v) is 11.9. The SMILES string of the molecule is CC(C)(CNCC1(O)CCCCC1)S(C)(=O)=O. The topological polar surface area (TPSA) is 66.4 Å². The summed E-state index contributed by atoms with van der Waals surface area (Å²) in [6.45, 7) is 4.29. The molecule has 102 valence electrons. The molecule has 1 saturated carbocycles. The molecule has 0 atom stereocenters. The van der Waals surface area contributed by atoms with E-state index >= 15 is 0 Å². The first-order chi connectivity index (χ1) is 7.66. The Balaban J connectivity index is 2.42. The van der Waals surface area contributed by atoms with Crippen LogP contribution in [0.2, 0.25) is 0 Å². The monoisotopic (exact) mass is 263 g/mol. The summed E-state index contributed by atoms with van der Waals surface area (Å²) in [6.07, 6.45) is 6.21. The molecule has 2 N–H and O–H groups in total. The van der Waals surface area contributed by atoms with Crippen LogP contribution in [-0.4, -0.2) is 43.2 Å². The van der Waals surface area contributed by atoms with Crippen LogP contribution in [0.5, 0.6) is 0 Å². The van der Waals surface area contributed by atoms with Crippen molar-refractivity contribution >= 4 is 9.84 Å². The Bertz CT molecular complexity index is 343. The molecule has 1 aliphatic rings. The van der Waals surface area contributed by atoms with E-state index in [-0.39, 0.29) is 0 Å². The molecule has 0 bridgehead atoms. The normalized spacial score (nSPS) is 21.4. The van der Waals surface area contributed by atoms with Crippen LogP contribution in [0.25, 0.3) is 0 Å². The molecule has 17 heavy (non-hydrogen) atoms. The molecular weight excluding hydrogens is 238 g/mol. The number of hydrogen-bond acceptors (Lipinski definition) is 4. The maximum absolute atomic E-state index is 11.5. The van der Waals surface area contributed by atoms with Gasteiger partial charge in [0.15, 0.2) is 9.84 Å². The van der Waals surface area contributed by atoms with E-state index < -0.39 is 20.2 Å². The lowest BCUT2D eigenvalue weighted by atomic mass is 9.85. The Labute approximate surface area is 105 Å². The third kappa shape index (κ3) is 4.23. The second kappa shape index (κ2) is 5.24. The van der Waals surface area contributed by atoms with Crippen molar-refractivity contribution < 1.29 is 13.5 Å². The fourth-order valence-electron chi connectivity index (χ4n) is 2.11. The van der Waals surface area contributed by atoms with Crippen molar-refractivity contribution in [2.75, 3.05) is 19.3 Å². The first kappa shape index (κ1) is 14.9. The van der Waals surface area contributed by atoms with Gasteiger partial charge in [-0.05, 0) is 26.7 Å². The van der Waals surface area contributed by atoms with Crippen molar-refractivity contribution in [3.05, 3.63) is 0 Å². The summed E-state index contributed by atoms with van der Waals surface area (Å²) in [6, 6.07) is 0. The Morgan fingerprint density at radius 2 is 1.76 bits per heavy atom. The standard InChI is InChI=1S/C12H25NO3S/c1-11(2,17(3,15)16)9-13-10-12(14)7-5-4-6-8-12/h13-14H,4-10H2,1-3H3. The van der Waals surface area contributed by atoms with Crippen LogP contribution in [0.4, 0.5) is 0 Å². The van der Waals surface area contributed by atoms with Gasteiger partial charge < -0.3 is 10.4 Å². The average molecular weight is 263 g/mol. The van der Waals surface area contributed by atoms with Crippen molar-refractivity contribution in [2.45, 2.75) is 56.3 Å². The van der Waals surface area contributed by atoms with Crippen LogP contribution in [0.3, 0.4) is 0 Å². The molecule has 1 rings (SSSR count). The van der Waals surface area contributed by atoms with Gasteiger partial charge in [-0.3, -0.25) is 0 Å². The highest BCUT2D eigenvalue weighted by atomic mass is 32.2.